The SMILES string of the molecule is C1=CC2c3cccc4cccc(c34)C2c2cc3ccccc3cc21. The fraction of sp³-hybridized carbons (Fsp3) is 0.0833. The standard InChI is InChI=1S/C24H16/c1-2-6-17-14-22-18(13-16(17)5-1)11-12-20-19-9-3-7-15-8-4-10-21(23(15)19)24(20)22/h1-14,20,24H. The Labute approximate surface area is 141 Å². The van der Waals surface area contributed by atoms with E-state index in [1.807, 2.05) is 0 Å². The molecule has 24 heavy (non-hydrogen) atoms. The molecule has 0 fully saturated rings. The first-order valence-electron chi connectivity index (χ1n) is 8.62. The lowest BCUT2D eigenvalue weighted by Crippen LogP contribution is -2.10. The first kappa shape index (κ1) is 12.5. The normalized spacial score (nSPS) is 20.3. The van der Waals surface area contributed by atoms with Crippen molar-refractivity contribution in [3.8, 4) is 0 Å². The van der Waals surface area contributed by atoms with Gasteiger partial charge >= 0.3 is 0 Å². The molecule has 0 amide bonds. The molecule has 0 spiro atoms. The summed E-state index contributed by atoms with van der Waals surface area (Å²) < 4.78 is 0. The first-order chi connectivity index (χ1) is 11.9. The highest BCUT2D eigenvalue weighted by molar-refractivity contribution is 5.95. The van der Waals surface area contributed by atoms with E-state index in [0.717, 1.165) is 0 Å². The van der Waals surface area contributed by atoms with Crippen molar-refractivity contribution in [3.05, 3.63) is 101 Å². The average Bonchev–Trinajstić information content (AvgIpc) is 2.97. The molecule has 2 atom stereocenters. The summed E-state index contributed by atoms with van der Waals surface area (Å²) in [6, 6.07) is 27.0. The van der Waals surface area contributed by atoms with Crippen LogP contribution in [0.1, 0.15) is 34.1 Å². The summed E-state index contributed by atoms with van der Waals surface area (Å²) in [5.74, 6) is 0.926. The van der Waals surface area contributed by atoms with Crippen molar-refractivity contribution in [2.45, 2.75) is 11.8 Å². The molecule has 4 aromatic carbocycles. The molecule has 2 aliphatic rings. The Kier molecular flexibility index (Phi) is 2.28. The van der Waals surface area contributed by atoms with Crippen LogP contribution in [0.4, 0.5) is 0 Å². The largest absolute Gasteiger partial charge is 0.0754 e. The number of fused-ring (bicyclic) bond motifs is 6. The van der Waals surface area contributed by atoms with Crippen LogP contribution in [-0.2, 0) is 0 Å². The summed E-state index contributed by atoms with van der Waals surface area (Å²) >= 11 is 0. The van der Waals surface area contributed by atoms with Gasteiger partial charge in [-0.2, -0.15) is 0 Å². The monoisotopic (exact) mass is 304 g/mol. The van der Waals surface area contributed by atoms with Gasteiger partial charge in [0.2, 0.25) is 0 Å². The van der Waals surface area contributed by atoms with Gasteiger partial charge in [0.15, 0.2) is 0 Å². The van der Waals surface area contributed by atoms with Gasteiger partial charge in [-0.25, -0.2) is 0 Å². The second kappa shape index (κ2) is 4.36. The lowest BCUT2D eigenvalue weighted by molar-refractivity contribution is 0.745. The van der Waals surface area contributed by atoms with Crippen LogP contribution in [0.3, 0.4) is 0 Å². The van der Waals surface area contributed by atoms with Gasteiger partial charge in [0.1, 0.15) is 0 Å². The van der Waals surface area contributed by atoms with Gasteiger partial charge in [-0.15, -0.1) is 0 Å². The number of benzene rings is 4. The lowest BCUT2D eigenvalue weighted by atomic mass is 9.77. The van der Waals surface area contributed by atoms with Crippen LogP contribution in [0.2, 0.25) is 0 Å². The molecule has 6 rings (SSSR count). The van der Waals surface area contributed by atoms with Gasteiger partial charge in [0.25, 0.3) is 0 Å². The van der Waals surface area contributed by atoms with Crippen LogP contribution in [0.5, 0.6) is 0 Å². The molecule has 2 unspecified atom stereocenters. The third-order valence-corrected chi connectivity index (χ3v) is 5.79. The molecule has 0 radical (unpaired) electrons. The van der Waals surface area contributed by atoms with E-state index in [1.54, 1.807) is 0 Å². The maximum Gasteiger partial charge on any atom is 0.0205 e. The van der Waals surface area contributed by atoms with E-state index in [4.69, 9.17) is 0 Å². The summed E-state index contributed by atoms with van der Waals surface area (Å²) in [7, 11) is 0. The Balaban J connectivity index is 1.70. The third-order valence-electron chi connectivity index (χ3n) is 5.79. The van der Waals surface area contributed by atoms with Crippen molar-refractivity contribution in [2.75, 3.05) is 0 Å². The summed E-state index contributed by atoms with van der Waals surface area (Å²) in [4.78, 5) is 0. The zero-order valence-electron chi connectivity index (χ0n) is 13.2. The summed E-state index contributed by atoms with van der Waals surface area (Å²) in [6.45, 7) is 0. The molecular formula is C24H16. The lowest BCUT2D eigenvalue weighted by Gasteiger charge is -2.26. The van der Waals surface area contributed by atoms with E-state index in [0.29, 0.717) is 11.8 Å². The molecule has 0 saturated heterocycles. The molecule has 0 aliphatic heterocycles. The van der Waals surface area contributed by atoms with E-state index in [2.05, 4.69) is 84.9 Å². The van der Waals surface area contributed by atoms with Crippen molar-refractivity contribution in [1.29, 1.82) is 0 Å². The molecule has 0 saturated carbocycles. The molecule has 0 heteroatoms. The van der Waals surface area contributed by atoms with Crippen LogP contribution in [0.15, 0.2) is 78.9 Å². The molecule has 0 bridgehead atoms. The molecule has 112 valence electrons. The zero-order chi connectivity index (χ0) is 15.7. The highest BCUT2D eigenvalue weighted by atomic mass is 14.4. The minimum Gasteiger partial charge on any atom is -0.0754 e. The predicted molar refractivity (Wildman–Crippen MR) is 102 cm³/mol. The van der Waals surface area contributed by atoms with Crippen LogP contribution in [0.25, 0.3) is 27.6 Å². The first-order valence-corrected chi connectivity index (χ1v) is 8.62. The van der Waals surface area contributed by atoms with Crippen LogP contribution in [0, 0.1) is 0 Å². The van der Waals surface area contributed by atoms with Crippen molar-refractivity contribution in [3.63, 3.8) is 0 Å². The fourth-order valence-corrected chi connectivity index (χ4v) is 4.78. The third kappa shape index (κ3) is 1.48. The van der Waals surface area contributed by atoms with Crippen molar-refractivity contribution < 1.29 is 0 Å². The van der Waals surface area contributed by atoms with E-state index in [9.17, 15) is 0 Å². The number of rotatable bonds is 0. The maximum atomic E-state index is 2.41. The van der Waals surface area contributed by atoms with Crippen LogP contribution < -0.4 is 0 Å². The van der Waals surface area contributed by atoms with E-state index >= 15 is 0 Å². The molecule has 0 nitrogen and oxygen atoms in total. The van der Waals surface area contributed by atoms with E-state index in [1.165, 1.54) is 43.8 Å². The molecule has 2 aliphatic carbocycles. The Morgan fingerprint density at radius 1 is 0.583 bits per heavy atom. The van der Waals surface area contributed by atoms with Crippen molar-refractivity contribution in [2.24, 2.45) is 0 Å². The number of hydrogen-bond acceptors (Lipinski definition) is 0. The quantitative estimate of drug-likeness (QED) is 0.360. The highest BCUT2D eigenvalue weighted by Gasteiger charge is 2.36. The Hall–Kier alpha value is -2.86. The number of allylic oxidation sites excluding steroid dienone is 1. The minimum absolute atomic E-state index is 0.454. The van der Waals surface area contributed by atoms with Gasteiger partial charge in [-0.1, -0.05) is 72.8 Å². The van der Waals surface area contributed by atoms with Gasteiger partial charge in [-0.05, 0) is 55.9 Å². The van der Waals surface area contributed by atoms with Gasteiger partial charge < -0.3 is 0 Å². The average molecular weight is 304 g/mol. The molecular weight excluding hydrogens is 288 g/mol. The summed E-state index contributed by atoms with van der Waals surface area (Å²) in [5.41, 5.74) is 5.83. The molecule has 0 aromatic heterocycles. The van der Waals surface area contributed by atoms with Gasteiger partial charge in [0.05, 0.1) is 0 Å². The van der Waals surface area contributed by atoms with Gasteiger partial charge in [-0.3, -0.25) is 0 Å². The van der Waals surface area contributed by atoms with Crippen molar-refractivity contribution >= 4 is 27.6 Å². The smallest absolute Gasteiger partial charge is 0.0205 e. The van der Waals surface area contributed by atoms with Crippen molar-refractivity contribution in [1.82, 2.24) is 0 Å². The van der Waals surface area contributed by atoms with E-state index < -0.39 is 0 Å². The Bertz CT molecular complexity index is 1160. The van der Waals surface area contributed by atoms with Gasteiger partial charge in [0, 0.05) is 11.8 Å². The predicted octanol–water partition coefficient (Wildman–Crippen LogP) is 6.25. The summed E-state index contributed by atoms with van der Waals surface area (Å²) in [6.07, 6.45) is 4.74. The Morgan fingerprint density at radius 3 is 2.12 bits per heavy atom. The second-order valence-corrected chi connectivity index (χ2v) is 6.98. The molecule has 0 N–H and O–H groups in total. The number of hydrogen-bond donors (Lipinski definition) is 0. The maximum absolute atomic E-state index is 2.41. The summed E-state index contributed by atoms with van der Waals surface area (Å²) in [5, 5.41) is 5.51. The van der Waals surface area contributed by atoms with E-state index in [-0.39, 0.29) is 0 Å². The Morgan fingerprint density at radius 2 is 1.29 bits per heavy atom. The molecule has 4 aromatic rings. The molecule has 0 heterocycles. The zero-order valence-corrected chi connectivity index (χ0v) is 13.2. The highest BCUT2D eigenvalue weighted by Crippen LogP contribution is 2.53. The topological polar surface area (TPSA) is 0 Å². The fourth-order valence-electron chi connectivity index (χ4n) is 4.78. The van der Waals surface area contributed by atoms with Crippen LogP contribution in [-0.4, -0.2) is 0 Å². The van der Waals surface area contributed by atoms with Crippen LogP contribution >= 0.6 is 0 Å². The minimum atomic E-state index is 0.454. The second-order valence-electron chi connectivity index (χ2n) is 6.98.